The summed E-state index contributed by atoms with van der Waals surface area (Å²) in [6.45, 7) is 10.2. The quantitative estimate of drug-likeness (QED) is 0.673. The Bertz CT molecular complexity index is 822. The number of rotatable bonds is 1. The van der Waals surface area contributed by atoms with Gasteiger partial charge in [0.15, 0.2) is 23.0 Å². The molecule has 0 amide bonds. The van der Waals surface area contributed by atoms with Crippen molar-refractivity contribution in [3.05, 3.63) is 23.8 Å². The molecule has 4 fully saturated rings. The van der Waals surface area contributed by atoms with Crippen molar-refractivity contribution in [3.8, 4) is 0 Å². The van der Waals surface area contributed by atoms with Gasteiger partial charge in [-0.05, 0) is 82.8 Å². The van der Waals surface area contributed by atoms with Gasteiger partial charge in [-0.25, -0.2) is 0 Å². The molecule has 1 aliphatic heterocycles. The molecule has 0 radical (unpaired) electrons. The van der Waals surface area contributed by atoms with E-state index in [-0.39, 0.29) is 28.5 Å². The van der Waals surface area contributed by atoms with E-state index >= 15 is 0 Å². The zero-order chi connectivity index (χ0) is 20.1. The molecule has 1 unspecified atom stereocenters. The van der Waals surface area contributed by atoms with Crippen LogP contribution in [0.1, 0.15) is 66.7 Å². The van der Waals surface area contributed by atoms with Gasteiger partial charge in [-0.1, -0.05) is 25.5 Å². The van der Waals surface area contributed by atoms with Gasteiger partial charge in [0.25, 0.3) is 0 Å². The maximum atomic E-state index is 13.0. The number of hydrogen-bond acceptors (Lipinski definition) is 4. The van der Waals surface area contributed by atoms with Gasteiger partial charge in [-0.15, -0.1) is 0 Å². The number of carbonyl (C=O) groups is 2. The third kappa shape index (κ3) is 2.09. The normalized spacial score (nSPS) is 51.0. The highest BCUT2D eigenvalue weighted by atomic mass is 16.8. The van der Waals surface area contributed by atoms with E-state index in [4.69, 9.17) is 9.47 Å². The third-order valence-electron chi connectivity index (χ3n) is 9.07. The topological polar surface area (TPSA) is 52.6 Å². The lowest BCUT2D eigenvalue weighted by Crippen LogP contribution is -2.59. The summed E-state index contributed by atoms with van der Waals surface area (Å²) >= 11 is 0. The molecule has 7 atom stereocenters. The maximum absolute atomic E-state index is 13.0. The van der Waals surface area contributed by atoms with E-state index in [9.17, 15) is 9.59 Å². The Morgan fingerprint density at radius 2 is 1.89 bits per heavy atom. The van der Waals surface area contributed by atoms with Crippen LogP contribution in [0.3, 0.4) is 0 Å². The Labute approximate surface area is 167 Å². The minimum absolute atomic E-state index is 0.0276. The molecule has 0 aromatic rings. The molecule has 0 aromatic carbocycles. The second-order valence-electron chi connectivity index (χ2n) is 10.7. The number of fused-ring (bicyclic) bond motifs is 7. The number of hydrogen-bond donors (Lipinski definition) is 0. The van der Waals surface area contributed by atoms with Crippen LogP contribution in [-0.2, 0) is 19.1 Å². The number of allylic oxidation sites excluding steroid dienone is 4. The molecule has 3 saturated carbocycles. The monoisotopic (exact) mass is 384 g/mol. The summed E-state index contributed by atoms with van der Waals surface area (Å²) in [6, 6.07) is 0. The van der Waals surface area contributed by atoms with Crippen LogP contribution < -0.4 is 0 Å². The Morgan fingerprint density at radius 3 is 2.61 bits per heavy atom. The predicted octanol–water partition coefficient (Wildman–Crippen LogP) is 4.38. The van der Waals surface area contributed by atoms with Crippen molar-refractivity contribution in [2.24, 2.45) is 28.6 Å². The second kappa shape index (κ2) is 5.46. The molecule has 0 aromatic heterocycles. The van der Waals surface area contributed by atoms with Gasteiger partial charge in [0.05, 0.1) is 6.10 Å². The van der Waals surface area contributed by atoms with E-state index in [0.29, 0.717) is 17.8 Å². The van der Waals surface area contributed by atoms with Gasteiger partial charge in [-0.3, -0.25) is 9.59 Å². The van der Waals surface area contributed by atoms with Crippen LogP contribution in [0.5, 0.6) is 0 Å². The molecule has 5 aliphatic rings. The van der Waals surface area contributed by atoms with Gasteiger partial charge < -0.3 is 9.47 Å². The molecular weight excluding hydrogens is 352 g/mol. The fraction of sp³-hybridized carbons (Fsp3) is 0.750. The average Bonchev–Trinajstić information content (AvgIpc) is 3.02. The molecule has 4 heteroatoms. The van der Waals surface area contributed by atoms with Gasteiger partial charge in [-0.2, -0.15) is 0 Å². The van der Waals surface area contributed by atoms with Crippen molar-refractivity contribution >= 4 is 11.6 Å². The van der Waals surface area contributed by atoms with Crippen molar-refractivity contribution in [2.75, 3.05) is 0 Å². The Hall–Kier alpha value is -1.26. The van der Waals surface area contributed by atoms with Crippen LogP contribution in [0.2, 0.25) is 0 Å². The highest BCUT2D eigenvalue weighted by Gasteiger charge is 2.74. The van der Waals surface area contributed by atoms with Crippen molar-refractivity contribution in [2.45, 2.75) is 84.2 Å². The molecule has 152 valence electrons. The van der Waals surface area contributed by atoms with Crippen LogP contribution in [0.4, 0.5) is 0 Å². The van der Waals surface area contributed by atoms with E-state index in [1.807, 2.05) is 19.9 Å². The second-order valence-corrected chi connectivity index (χ2v) is 10.7. The van der Waals surface area contributed by atoms with E-state index < -0.39 is 11.4 Å². The first-order valence-corrected chi connectivity index (χ1v) is 10.9. The molecule has 0 N–H and O–H groups in total. The van der Waals surface area contributed by atoms with Crippen LogP contribution in [0.15, 0.2) is 23.8 Å². The standard InChI is InChI=1S/C24H32O4/c1-14(25)24-20(27-21(2,3)28-24)13-19-17-7-6-15-12-16(26)8-10-22(15,4)18(17)9-11-23(19,24)5/h8,10,12,17-20H,6-7,9,11,13H2,1-5H3/t17-,18+,19+,20-,22+,23+,24?/m1/s1. The first kappa shape index (κ1) is 18.7. The average molecular weight is 385 g/mol. The zero-order valence-corrected chi connectivity index (χ0v) is 17.7. The molecular formula is C24H32O4. The van der Waals surface area contributed by atoms with E-state index in [1.165, 1.54) is 5.57 Å². The van der Waals surface area contributed by atoms with Gasteiger partial charge in [0, 0.05) is 10.8 Å². The van der Waals surface area contributed by atoms with Crippen molar-refractivity contribution in [3.63, 3.8) is 0 Å². The zero-order valence-electron chi connectivity index (χ0n) is 17.7. The Morgan fingerprint density at radius 1 is 1.14 bits per heavy atom. The van der Waals surface area contributed by atoms with E-state index in [1.54, 1.807) is 13.0 Å². The fourth-order valence-electron chi connectivity index (χ4n) is 7.95. The molecule has 0 bridgehead atoms. The summed E-state index contributed by atoms with van der Waals surface area (Å²) < 4.78 is 12.8. The molecule has 4 aliphatic carbocycles. The van der Waals surface area contributed by atoms with Gasteiger partial charge in [0.1, 0.15) is 0 Å². The van der Waals surface area contributed by atoms with E-state index in [2.05, 4.69) is 19.9 Å². The first-order chi connectivity index (χ1) is 13.0. The molecule has 4 nitrogen and oxygen atoms in total. The smallest absolute Gasteiger partial charge is 0.178 e. The first-order valence-electron chi connectivity index (χ1n) is 10.9. The number of carbonyl (C=O) groups excluding carboxylic acids is 2. The summed E-state index contributed by atoms with van der Waals surface area (Å²) in [5.41, 5.74) is 0.268. The molecule has 1 saturated heterocycles. The molecule has 5 rings (SSSR count). The summed E-state index contributed by atoms with van der Waals surface area (Å²) in [7, 11) is 0. The molecule has 28 heavy (non-hydrogen) atoms. The van der Waals surface area contributed by atoms with Crippen molar-refractivity contribution in [1.29, 1.82) is 0 Å². The number of Topliss-reactive ketones (excluding diaryl/α,β-unsaturated/α-hetero) is 1. The van der Waals surface area contributed by atoms with Crippen LogP contribution in [0, 0.1) is 28.6 Å². The van der Waals surface area contributed by atoms with Crippen LogP contribution in [0.25, 0.3) is 0 Å². The van der Waals surface area contributed by atoms with Crippen LogP contribution >= 0.6 is 0 Å². The minimum atomic E-state index is -0.818. The third-order valence-corrected chi connectivity index (χ3v) is 9.07. The lowest BCUT2D eigenvalue weighted by atomic mass is 9.47. The Balaban J connectivity index is 1.55. The summed E-state index contributed by atoms with van der Waals surface area (Å²) in [5.74, 6) is 1.02. The highest BCUT2D eigenvalue weighted by Crippen LogP contribution is 2.70. The SMILES string of the molecule is CC(=O)C12OC(C)(C)O[C@@H]1C[C@H]1[C@@H]3CCC4=CC(=O)C=C[C@]4(C)[C@H]3CC[C@@]12C. The van der Waals surface area contributed by atoms with Crippen molar-refractivity contribution in [1.82, 2.24) is 0 Å². The summed E-state index contributed by atoms with van der Waals surface area (Å²) in [4.78, 5) is 25.0. The predicted molar refractivity (Wildman–Crippen MR) is 105 cm³/mol. The van der Waals surface area contributed by atoms with E-state index in [0.717, 1.165) is 32.1 Å². The maximum Gasteiger partial charge on any atom is 0.178 e. The molecule has 1 heterocycles. The molecule has 0 spiro atoms. The van der Waals surface area contributed by atoms with Gasteiger partial charge >= 0.3 is 0 Å². The lowest BCUT2D eigenvalue weighted by Gasteiger charge is -2.58. The minimum Gasteiger partial charge on any atom is -0.344 e. The fourth-order valence-corrected chi connectivity index (χ4v) is 7.95. The van der Waals surface area contributed by atoms with Crippen LogP contribution in [-0.4, -0.2) is 29.1 Å². The summed E-state index contributed by atoms with van der Waals surface area (Å²) in [6.07, 6.45) is 10.7. The van der Waals surface area contributed by atoms with Crippen molar-refractivity contribution < 1.29 is 19.1 Å². The summed E-state index contributed by atoms with van der Waals surface area (Å²) in [5, 5.41) is 0. The number of ether oxygens (including phenoxy) is 2. The Kier molecular flexibility index (Phi) is 3.65. The lowest BCUT2D eigenvalue weighted by molar-refractivity contribution is -0.213. The van der Waals surface area contributed by atoms with Gasteiger partial charge in [0.2, 0.25) is 0 Å². The number of ketones is 2. The highest BCUT2D eigenvalue weighted by molar-refractivity contribution is 6.01. The largest absolute Gasteiger partial charge is 0.344 e.